The van der Waals surface area contributed by atoms with E-state index in [1.54, 1.807) is 36.4 Å². The predicted octanol–water partition coefficient (Wildman–Crippen LogP) is 2.74. The van der Waals surface area contributed by atoms with Gasteiger partial charge in [0, 0.05) is 18.2 Å². The number of allylic oxidation sites excluding steroid dienone is 1. The molecule has 0 aliphatic carbocycles. The average Bonchev–Trinajstić information content (AvgIpc) is 2.54. The van der Waals surface area contributed by atoms with Crippen LogP contribution in [-0.4, -0.2) is 30.7 Å². The smallest absolute Gasteiger partial charge is 0.265 e. The largest absolute Gasteiger partial charge is 0.505 e. The minimum atomic E-state index is -3.87. The van der Waals surface area contributed by atoms with Crippen LogP contribution in [0.25, 0.3) is 5.76 Å². The lowest BCUT2D eigenvalue weighted by Gasteiger charge is -2.28. The Morgan fingerprint density at radius 3 is 2.30 bits per heavy atom. The molecule has 23 heavy (non-hydrogen) atoms. The first-order valence-corrected chi connectivity index (χ1v) is 8.41. The lowest BCUT2D eigenvalue weighted by molar-refractivity contribution is 0.100. The summed E-state index contributed by atoms with van der Waals surface area (Å²) in [6, 6.07) is 12.8. The second-order valence-corrected chi connectivity index (χ2v) is 7.30. The van der Waals surface area contributed by atoms with Gasteiger partial charge in [-0.25, -0.2) is 8.42 Å². The van der Waals surface area contributed by atoms with Gasteiger partial charge in [0.15, 0.2) is 5.76 Å². The van der Waals surface area contributed by atoms with E-state index >= 15 is 0 Å². The van der Waals surface area contributed by atoms with Crippen LogP contribution in [0.1, 0.15) is 21.5 Å². The summed E-state index contributed by atoms with van der Waals surface area (Å²) in [5.41, 5.74) is 1.21. The lowest BCUT2D eigenvalue weighted by atomic mass is 10.0. The average molecular weight is 329 g/mol. The summed E-state index contributed by atoms with van der Waals surface area (Å²) in [4.78, 5) is 12.6. The highest BCUT2D eigenvalue weighted by Crippen LogP contribution is 2.34. The Hall–Kier alpha value is -2.60. The quantitative estimate of drug-likeness (QED) is 0.645. The van der Waals surface area contributed by atoms with E-state index in [0.29, 0.717) is 5.56 Å². The van der Waals surface area contributed by atoms with Crippen molar-refractivity contribution in [2.75, 3.05) is 7.05 Å². The molecule has 118 valence electrons. The molecule has 2 aromatic rings. The molecule has 0 bridgehead atoms. The molecule has 0 spiro atoms. The molecule has 0 atom stereocenters. The molecule has 1 aliphatic heterocycles. The topological polar surface area (TPSA) is 74.7 Å². The summed E-state index contributed by atoms with van der Waals surface area (Å²) in [6.45, 7) is 1.90. The van der Waals surface area contributed by atoms with Gasteiger partial charge in [0.05, 0.1) is 4.90 Å². The van der Waals surface area contributed by atoms with E-state index in [9.17, 15) is 18.3 Å². The fourth-order valence-electron chi connectivity index (χ4n) is 2.52. The highest BCUT2D eigenvalue weighted by atomic mass is 32.2. The van der Waals surface area contributed by atoms with Gasteiger partial charge in [0.1, 0.15) is 5.70 Å². The normalized spacial score (nSPS) is 18.5. The van der Waals surface area contributed by atoms with Crippen molar-refractivity contribution in [3.8, 4) is 0 Å². The highest BCUT2D eigenvalue weighted by Gasteiger charge is 2.39. The zero-order valence-electron chi connectivity index (χ0n) is 12.6. The second-order valence-electron chi connectivity index (χ2n) is 5.36. The van der Waals surface area contributed by atoms with Crippen molar-refractivity contribution in [3.63, 3.8) is 0 Å². The standard InChI is InChI=1S/C17H15NO4S/c1-11-7-9-12(10-8-11)16(19)15-17(20)13-5-3-4-6-14(13)23(21,22)18(15)2/h3-10,19H,1-2H3. The molecule has 0 saturated heterocycles. The van der Waals surface area contributed by atoms with Crippen LogP contribution in [0, 0.1) is 6.92 Å². The first-order chi connectivity index (χ1) is 10.8. The number of rotatable bonds is 1. The van der Waals surface area contributed by atoms with Crippen molar-refractivity contribution >= 4 is 21.6 Å². The van der Waals surface area contributed by atoms with E-state index in [4.69, 9.17) is 0 Å². The first-order valence-electron chi connectivity index (χ1n) is 6.97. The monoisotopic (exact) mass is 329 g/mol. The Labute approximate surface area is 134 Å². The number of aliphatic hydroxyl groups excluding tert-OH is 1. The van der Waals surface area contributed by atoms with Gasteiger partial charge in [-0.3, -0.25) is 9.10 Å². The Kier molecular flexibility index (Phi) is 3.49. The van der Waals surface area contributed by atoms with Gasteiger partial charge >= 0.3 is 0 Å². The SMILES string of the molecule is Cc1ccc(C(O)=C2C(=O)c3ccccc3S(=O)(=O)N2C)cc1. The highest BCUT2D eigenvalue weighted by molar-refractivity contribution is 7.89. The zero-order chi connectivity index (χ0) is 16.8. The van der Waals surface area contributed by atoms with Gasteiger partial charge in [-0.15, -0.1) is 0 Å². The molecule has 5 nitrogen and oxygen atoms in total. The summed E-state index contributed by atoms with van der Waals surface area (Å²) < 4.78 is 26.0. The number of aryl methyl sites for hydroxylation is 1. The predicted molar refractivity (Wildman–Crippen MR) is 86.4 cm³/mol. The van der Waals surface area contributed by atoms with Gasteiger partial charge < -0.3 is 5.11 Å². The van der Waals surface area contributed by atoms with E-state index < -0.39 is 15.8 Å². The number of sulfonamides is 1. The van der Waals surface area contributed by atoms with E-state index in [1.165, 1.54) is 19.2 Å². The molecular weight excluding hydrogens is 314 g/mol. The second kappa shape index (κ2) is 5.24. The number of aliphatic hydroxyl groups is 1. The van der Waals surface area contributed by atoms with Gasteiger partial charge in [-0.1, -0.05) is 42.0 Å². The molecule has 6 heteroatoms. The van der Waals surface area contributed by atoms with Crippen LogP contribution in [0.5, 0.6) is 0 Å². The first kappa shape index (κ1) is 15.3. The fraction of sp³-hybridized carbons (Fsp3) is 0.118. The zero-order valence-corrected chi connectivity index (χ0v) is 13.5. The summed E-state index contributed by atoms with van der Waals surface area (Å²) in [5.74, 6) is -0.869. The van der Waals surface area contributed by atoms with Crippen molar-refractivity contribution < 1.29 is 18.3 Å². The number of likely N-dealkylation sites (N-methyl/N-ethyl adjacent to an activating group) is 1. The van der Waals surface area contributed by atoms with Crippen molar-refractivity contribution in [2.24, 2.45) is 0 Å². The minimum Gasteiger partial charge on any atom is -0.505 e. The summed E-state index contributed by atoms with van der Waals surface area (Å²) >= 11 is 0. The number of hydrogen-bond acceptors (Lipinski definition) is 4. The molecular formula is C17H15NO4S. The third-order valence-electron chi connectivity index (χ3n) is 3.85. The molecule has 1 N–H and O–H groups in total. The number of Topliss-reactive ketones (excluding diaryl/α,β-unsaturated/α-hetero) is 1. The Balaban J connectivity index is 2.27. The Morgan fingerprint density at radius 1 is 1.04 bits per heavy atom. The number of hydrogen-bond donors (Lipinski definition) is 1. The third kappa shape index (κ3) is 2.31. The van der Waals surface area contributed by atoms with Crippen LogP contribution < -0.4 is 0 Å². The Bertz CT molecular complexity index is 927. The summed E-state index contributed by atoms with van der Waals surface area (Å²) in [6.07, 6.45) is 0. The van der Waals surface area contributed by atoms with Crippen molar-refractivity contribution in [1.29, 1.82) is 0 Å². The van der Waals surface area contributed by atoms with E-state index in [1.807, 2.05) is 6.92 Å². The maximum atomic E-state index is 12.7. The summed E-state index contributed by atoms with van der Waals surface area (Å²) in [7, 11) is -2.60. The number of benzene rings is 2. The van der Waals surface area contributed by atoms with Crippen LogP contribution >= 0.6 is 0 Å². The molecule has 3 rings (SSSR count). The van der Waals surface area contributed by atoms with E-state index in [2.05, 4.69) is 0 Å². The van der Waals surface area contributed by atoms with Crippen molar-refractivity contribution in [1.82, 2.24) is 4.31 Å². The molecule has 2 aromatic carbocycles. The van der Waals surface area contributed by atoms with Crippen molar-refractivity contribution in [2.45, 2.75) is 11.8 Å². The minimum absolute atomic E-state index is 0.0482. The van der Waals surface area contributed by atoms with Gasteiger partial charge in [0.25, 0.3) is 10.0 Å². The van der Waals surface area contributed by atoms with Crippen LogP contribution in [0.3, 0.4) is 0 Å². The maximum Gasteiger partial charge on any atom is 0.265 e. The Morgan fingerprint density at radius 2 is 1.65 bits per heavy atom. The van der Waals surface area contributed by atoms with Crippen LogP contribution in [-0.2, 0) is 10.0 Å². The molecule has 0 fully saturated rings. The molecule has 1 heterocycles. The molecule has 0 saturated carbocycles. The number of carbonyl (C=O) groups is 1. The molecule has 0 radical (unpaired) electrons. The number of ketones is 1. The third-order valence-corrected chi connectivity index (χ3v) is 5.66. The molecule has 0 unspecified atom stereocenters. The van der Waals surface area contributed by atoms with Crippen LogP contribution in [0.2, 0.25) is 0 Å². The number of nitrogens with zero attached hydrogens (tertiary/aromatic N) is 1. The number of fused-ring (bicyclic) bond motifs is 1. The van der Waals surface area contributed by atoms with Gasteiger partial charge in [-0.2, -0.15) is 0 Å². The number of carbonyl (C=O) groups excluding carboxylic acids is 1. The van der Waals surface area contributed by atoms with E-state index in [-0.39, 0.29) is 21.9 Å². The lowest BCUT2D eigenvalue weighted by Crippen LogP contribution is -2.37. The summed E-state index contributed by atoms with van der Waals surface area (Å²) in [5, 5.41) is 10.5. The van der Waals surface area contributed by atoms with Gasteiger partial charge in [-0.05, 0) is 19.1 Å². The van der Waals surface area contributed by atoms with Crippen molar-refractivity contribution in [3.05, 3.63) is 70.9 Å². The molecule has 1 aliphatic rings. The fourth-order valence-corrected chi connectivity index (χ4v) is 3.92. The van der Waals surface area contributed by atoms with Crippen LogP contribution in [0.15, 0.2) is 59.1 Å². The van der Waals surface area contributed by atoms with E-state index in [0.717, 1.165) is 9.87 Å². The maximum absolute atomic E-state index is 12.7. The molecule has 0 amide bonds. The van der Waals surface area contributed by atoms with Gasteiger partial charge in [0.2, 0.25) is 5.78 Å². The van der Waals surface area contributed by atoms with Crippen LogP contribution in [0.4, 0.5) is 0 Å². The molecule has 0 aromatic heterocycles.